The Bertz CT molecular complexity index is 903. The Morgan fingerprint density at radius 3 is 2.83 bits per heavy atom. The van der Waals surface area contributed by atoms with Gasteiger partial charge in [0.05, 0.1) is 5.69 Å². The minimum absolute atomic E-state index is 0.0959. The largest absolute Gasteiger partial charge is 0.364 e. The van der Waals surface area contributed by atoms with E-state index >= 15 is 0 Å². The van der Waals surface area contributed by atoms with Crippen molar-refractivity contribution in [1.82, 2.24) is 9.97 Å². The summed E-state index contributed by atoms with van der Waals surface area (Å²) in [4.78, 5) is 29.9. The summed E-state index contributed by atoms with van der Waals surface area (Å²) in [6, 6.07) is 9.03. The minimum atomic E-state index is -0.514. The molecular weight excluding hydrogens is 348 g/mol. The number of amides is 2. The normalized spacial score (nSPS) is 10.5. The number of nitrogens with zero attached hydrogens (tertiary/aromatic N) is 1. The molecule has 2 aromatic heterocycles. The highest BCUT2D eigenvalue weighted by Gasteiger charge is 2.11. The molecule has 3 rings (SSSR count). The van der Waals surface area contributed by atoms with Crippen LogP contribution in [0.15, 0.2) is 41.9 Å². The first-order valence-electron chi connectivity index (χ1n) is 6.97. The second-order valence-electron chi connectivity index (χ2n) is 4.97. The molecule has 0 unspecified atom stereocenters. The number of benzene rings is 1. The van der Waals surface area contributed by atoms with Crippen molar-refractivity contribution in [2.45, 2.75) is 0 Å². The quantitative estimate of drug-likeness (QED) is 0.609. The van der Waals surface area contributed by atoms with Crippen LogP contribution in [-0.4, -0.2) is 27.7 Å². The van der Waals surface area contributed by atoms with Crippen molar-refractivity contribution in [2.75, 3.05) is 11.2 Å². The second kappa shape index (κ2) is 6.86. The van der Waals surface area contributed by atoms with E-state index in [1.54, 1.807) is 18.3 Å². The molecule has 0 atom stereocenters. The molecule has 0 aliphatic rings. The Morgan fingerprint density at radius 2 is 2.12 bits per heavy atom. The number of hydrogen-bond acceptors (Lipinski definition) is 4. The summed E-state index contributed by atoms with van der Waals surface area (Å²) < 4.78 is 0. The average Bonchev–Trinajstić information content (AvgIpc) is 3.24. The number of carbonyl (C=O) groups is 2. The molecule has 2 amide bonds. The van der Waals surface area contributed by atoms with Crippen LogP contribution in [0.2, 0.25) is 0 Å². The van der Waals surface area contributed by atoms with Gasteiger partial charge in [-0.25, -0.2) is 4.98 Å². The lowest BCUT2D eigenvalue weighted by molar-refractivity contribution is -0.113. The summed E-state index contributed by atoms with van der Waals surface area (Å²) >= 11 is 6.96. The molecule has 6 nitrogen and oxygen atoms in total. The Morgan fingerprint density at radius 1 is 1.29 bits per heavy atom. The smallest absolute Gasteiger partial charge is 0.265 e. The van der Waals surface area contributed by atoms with E-state index in [0.717, 1.165) is 21.8 Å². The Kier molecular flexibility index (Phi) is 4.64. The van der Waals surface area contributed by atoms with Crippen LogP contribution in [0.25, 0.3) is 21.8 Å². The molecule has 0 saturated carbocycles. The predicted molar refractivity (Wildman–Crippen MR) is 95.2 cm³/mol. The molecule has 0 aliphatic carbocycles. The molecule has 122 valence electrons. The van der Waals surface area contributed by atoms with Crippen molar-refractivity contribution < 1.29 is 9.59 Å². The van der Waals surface area contributed by atoms with Crippen LogP contribution in [-0.2, 0) is 4.79 Å². The zero-order valence-electron chi connectivity index (χ0n) is 12.4. The number of halogens is 1. The molecule has 0 fully saturated rings. The molecule has 0 saturated heterocycles. The molecule has 24 heavy (non-hydrogen) atoms. The van der Waals surface area contributed by atoms with Gasteiger partial charge in [0.2, 0.25) is 5.91 Å². The van der Waals surface area contributed by atoms with Gasteiger partial charge in [0.25, 0.3) is 5.91 Å². The Hall–Kier alpha value is -2.64. The van der Waals surface area contributed by atoms with E-state index in [1.165, 1.54) is 11.3 Å². The van der Waals surface area contributed by atoms with Crippen molar-refractivity contribution in [3.8, 4) is 21.8 Å². The first kappa shape index (κ1) is 16.2. The molecular formula is C16H13ClN4O2S. The molecule has 0 spiro atoms. The number of hydrogen-bond donors (Lipinski definition) is 3. The fourth-order valence-corrected chi connectivity index (χ4v) is 3.04. The van der Waals surface area contributed by atoms with Crippen LogP contribution in [0.3, 0.4) is 0 Å². The van der Waals surface area contributed by atoms with Crippen molar-refractivity contribution in [3.63, 3.8) is 0 Å². The number of primary amides is 1. The second-order valence-corrected chi connectivity index (χ2v) is 6.09. The predicted octanol–water partition coefficient (Wildman–Crippen LogP) is 3.08. The number of anilines is 1. The number of carbonyl (C=O) groups excluding carboxylic acids is 2. The van der Waals surface area contributed by atoms with Crippen molar-refractivity contribution >= 4 is 40.4 Å². The lowest BCUT2D eigenvalue weighted by Crippen LogP contribution is -2.12. The number of thiazole rings is 1. The lowest BCUT2D eigenvalue weighted by Gasteiger charge is -2.04. The lowest BCUT2D eigenvalue weighted by atomic mass is 10.2. The highest BCUT2D eigenvalue weighted by Crippen LogP contribution is 2.30. The Labute approximate surface area is 146 Å². The first-order chi connectivity index (χ1) is 11.6. The summed E-state index contributed by atoms with van der Waals surface area (Å²) in [7, 11) is 0. The molecule has 0 radical (unpaired) electrons. The number of aromatic amines is 1. The van der Waals surface area contributed by atoms with Crippen molar-refractivity contribution in [3.05, 3.63) is 47.6 Å². The maximum atomic E-state index is 11.4. The van der Waals surface area contributed by atoms with Gasteiger partial charge in [-0.15, -0.1) is 22.9 Å². The minimum Gasteiger partial charge on any atom is -0.364 e. The van der Waals surface area contributed by atoms with Gasteiger partial charge in [0.15, 0.2) is 0 Å². The van der Waals surface area contributed by atoms with E-state index in [1.807, 2.05) is 23.6 Å². The van der Waals surface area contributed by atoms with E-state index in [0.29, 0.717) is 11.4 Å². The maximum absolute atomic E-state index is 11.4. The van der Waals surface area contributed by atoms with Gasteiger partial charge < -0.3 is 16.0 Å². The van der Waals surface area contributed by atoms with Crippen LogP contribution in [0.5, 0.6) is 0 Å². The van der Waals surface area contributed by atoms with Crippen LogP contribution < -0.4 is 11.1 Å². The highest BCUT2D eigenvalue weighted by molar-refractivity contribution is 7.13. The number of nitrogens with one attached hydrogen (secondary N) is 2. The molecule has 4 N–H and O–H groups in total. The third-order valence-electron chi connectivity index (χ3n) is 3.26. The number of aromatic nitrogens is 2. The van der Waals surface area contributed by atoms with Gasteiger partial charge in [-0.3, -0.25) is 9.59 Å². The fourth-order valence-electron chi connectivity index (χ4n) is 2.15. The zero-order chi connectivity index (χ0) is 17.1. The van der Waals surface area contributed by atoms with Gasteiger partial charge in [-0.2, -0.15) is 0 Å². The van der Waals surface area contributed by atoms with E-state index < -0.39 is 5.91 Å². The van der Waals surface area contributed by atoms with Gasteiger partial charge in [-0.05, 0) is 18.2 Å². The third-order valence-corrected chi connectivity index (χ3v) is 4.40. The van der Waals surface area contributed by atoms with E-state index in [9.17, 15) is 9.59 Å². The molecule has 2 heterocycles. The monoisotopic (exact) mass is 360 g/mol. The van der Waals surface area contributed by atoms with Crippen molar-refractivity contribution in [1.29, 1.82) is 0 Å². The summed E-state index contributed by atoms with van der Waals surface area (Å²) in [6.45, 7) is 0. The topological polar surface area (TPSA) is 101 Å². The Balaban J connectivity index is 1.86. The summed E-state index contributed by atoms with van der Waals surface area (Å²) in [6.07, 6.45) is 1.69. The van der Waals surface area contributed by atoms with E-state index in [4.69, 9.17) is 17.3 Å². The van der Waals surface area contributed by atoms with Crippen LogP contribution in [0.1, 0.15) is 10.5 Å². The van der Waals surface area contributed by atoms with Crippen LogP contribution in [0, 0.1) is 0 Å². The summed E-state index contributed by atoms with van der Waals surface area (Å²) in [5.74, 6) is -0.874. The molecule has 0 bridgehead atoms. The molecule has 8 heteroatoms. The number of nitrogens with two attached hydrogens (primary N) is 1. The van der Waals surface area contributed by atoms with Crippen LogP contribution >= 0.6 is 22.9 Å². The van der Waals surface area contributed by atoms with Crippen molar-refractivity contribution in [2.24, 2.45) is 5.73 Å². The number of alkyl halides is 1. The van der Waals surface area contributed by atoms with Gasteiger partial charge in [0.1, 0.15) is 16.6 Å². The van der Waals surface area contributed by atoms with Gasteiger partial charge >= 0.3 is 0 Å². The summed E-state index contributed by atoms with van der Waals surface area (Å²) in [5.41, 5.74) is 8.65. The maximum Gasteiger partial charge on any atom is 0.265 e. The summed E-state index contributed by atoms with van der Waals surface area (Å²) in [5, 5.41) is 5.40. The van der Waals surface area contributed by atoms with E-state index in [-0.39, 0.29) is 11.8 Å². The standard InChI is InChI=1S/C16H13ClN4O2S/c17-6-14(22)20-11-3-1-2-9(4-11)16-21-13(8-24-16)10-5-12(15(18)23)19-7-10/h1-5,7-8,19H,6H2,(H2,18,23)(H,20,22). The molecule has 0 aliphatic heterocycles. The fraction of sp³-hybridized carbons (Fsp3) is 0.0625. The molecule has 1 aromatic carbocycles. The number of rotatable bonds is 5. The van der Waals surface area contributed by atoms with Gasteiger partial charge in [0, 0.05) is 28.4 Å². The highest BCUT2D eigenvalue weighted by atomic mass is 35.5. The third kappa shape index (κ3) is 3.47. The SMILES string of the molecule is NC(=O)c1cc(-c2csc(-c3cccc(NC(=O)CCl)c3)n2)c[nH]1. The van der Waals surface area contributed by atoms with Crippen LogP contribution in [0.4, 0.5) is 5.69 Å². The zero-order valence-corrected chi connectivity index (χ0v) is 13.9. The van der Waals surface area contributed by atoms with Gasteiger partial charge in [-0.1, -0.05) is 12.1 Å². The number of H-pyrrole nitrogens is 1. The van der Waals surface area contributed by atoms with E-state index in [2.05, 4.69) is 15.3 Å². The first-order valence-corrected chi connectivity index (χ1v) is 8.38. The average molecular weight is 361 g/mol. The molecule has 3 aromatic rings.